The molecule has 0 fully saturated rings. The van der Waals surface area contributed by atoms with Gasteiger partial charge >= 0.3 is 0 Å². The van der Waals surface area contributed by atoms with Gasteiger partial charge in [0.2, 0.25) is 5.91 Å². The summed E-state index contributed by atoms with van der Waals surface area (Å²) in [7, 11) is 0. The molecule has 7 heteroatoms. The van der Waals surface area contributed by atoms with Gasteiger partial charge in [-0.05, 0) is 42.4 Å². The van der Waals surface area contributed by atoms with E-state index in [1.165, 1.54) is 0 Å². The van der Waals surface area contributed by atoms with Crippen LogP contribution in [0, 0.1) is 11.7 Å². The molecule has 0 saturated heterocycles. The summed E-state index contributed by atoms with van der Waals surface area (Å²) >= 11 is 5.37. The Bertz CT molecular complexity index is 1140. The maximum atomic E-state index is 13.0. The molecule has 0 radical (unpaired) electrons. The number of carbonyl (C=O) groups excluding carboxylic acids is 1. The molecule has 0 saturated carbocycles. The quantitative estimate of drug-likeness (QED) is 0.463. The third kappa shape index (κ3) is 4.36. The van der Waals surface area contributed by atoms with E-state index >= 15 is 0 Å². The first-order chi connectivity index (χ1) is 14.6. The number of nitrogens with zero attached hydrogens (tertiary/aromatic N) is 3. The largest absolute Gasteiger partial charge is 0.344 e. The van der Waals surface area contributed by atoms with E-state index in [9.17, 15) is 4.79 Å². The van der Waals surface area contributed by atoms with Crippen molar-refractivity contribution in [2.45, 2.75) is 19.5 Å². The maximum absolute atomic E-state index is 13.0. The van der Waals surface area contributed by atoms with Gasteiger partial charge in [0.15, 0.2) is 10.6 Å². The van der Waals surface area contributed by atoms with E-state index in [4.69, 9.17) is 12.2 Å². The first-order valence-electron chi connectivity index (χ1n) is 9.58. The van der Waals surface area contributed by atoms with Gasteiger partial charge < -0.3 is 5.32 Å². The Morgan fingerprint density at radius 3 is 2.40 bits per heavy atom. The van der Waals surface area contributed by atoms with E-state index in [-0.39, 0.29) is 18.5 Å². The SMILES string of the molecule is Cc1ccc(-c2n[nH]c(=S)n2CC(=O)NC(c2ccccc2)c2ccncc2)cc1. The molecule has 6 nitrogen and oxygen atoms in total. The number of aromatic amines is 1. The van der Waals surface area contributed by atoms with Crippen LogP contribution in [0.4, 0.5) is 0 Å². The first kappa shape index (κ1) is 19.7. The molecule has 1 unspecified atom stereocenters. The number of nitrogens with one attached hydrogen (secondary N) is 2. The zero-order valence-corrected chi connectivity index (χ0v) is 17.3. The lowest BCUT2D eigenvalue weighted by molar-refractivity contribution is -0.122. The average molecular weight is 416 g/mol. The van der Waals surface area contributed by atoms with Gasteiger partial charge in [0.1, 0.15) is 6.54 Å². The van der Waals surface area contributed by atoms with Crippen molar-refractivity contribution in [3.05, 3.63) is 101 Å². The summed E-state index contributed by atoms with van der Waals surface area (Å²) in [5, 5.41) is 10.2. The Kier molecular flexibility index (Phi) is 5.81. The Hall–Kier alpha value is -3.58. The van der Waals surface area contributed by atoms with Crippen molar-refractivity contribution in [2.24, 2.45) is 0 Å². The molecular weight excluding hydrogens is 394 g/mol. The smallest absolute Gasteiger partial charge is 0.240 e. The second kappa shape index (κ2) is 8.84. The molecule has 1 atom stereocenters. The van der Waals surface area contributed by atoms with E-state index in [0.717, 1.165) is 22.3 Å². The number of hydrogen-bond acceptors (Lipinski definition) is 4. The van der Waals surface area contributed by atoms with Crippen molar-refractivity contribution in [3.63, 3.8) is 0 Å². The fourth-order valence-corrected chi connectivity index (χ4v) is 3.49. The molecule has 0 aliphatic heterocycles. The topological polar surface area (TPSA) is 75.6 Å². The van der Waals surface area contributed by atoms with Crippen LogP contribution >= 0.6 is 12.2 Å². The number of H-pyrrole nitrogens is 1. The highest BCUT2D eigenvalue weighted by Crippen LogP contribution is 2.22. The van der Waals surface area contributed by atoms with E-state index in [1.807, 2.05) is 73.7 Å². The van der Waals surface area contributed by atoms with E-state index in [1.54, 1.807) is 17.0 Å². The zero-order chi connectivity index (χ0) is 20.9. The number of benzene rings is 2. The number of hydrogen-bond donors (Lipinski definition) is 2. The number of amides is 1. The lowest BCUT2D eigenvalue weighted by atomic mass is 9.99. The summed E-state index contributed by atoms with van der Waals surface area (Å²) in [6.07, 6.45) is 3.44. The lowest BCUT2D eigenvalue weighted by Crippen LogP contribution is -2.32. The van der Waals surface area contributed by atoms with Crippen LogP contribution in [-0.4, -0.2) is 25.7 Å². The predicted molar refractivity (Wildman–Crippen MR) is 118 cm³/mol. The second-order valence-electron chi connectivity index (χ2n) is 7.00. The molecule has 0 bridgehead atoms. The fraction of sp³-hybridized carbons (Fsp3) is 0.130. The maximum Gasteiger partial charge on any atom is 0.240 e. The highest BCUT2D eigenvalue weighted by molar-refractivity contribution is 7.71. The number of rotatable bonds is 6. The zero-order valence-electron chi connectivity index (χ0n) is 16.4. The standard InChI is InChI=1S/C23H21N5OS/c1-16-7-9-19(10-8-16)22-26-27-23(30)28(22)15-20(29)25-21(17-5-3-2-4-6-17)18-11-13-24-14-12-18/h2-14,21H,15H2,1H3,(H,25,29)(H,27,30). The Morgan fingerprint density at radius 2 is 1.70 bits per heavy atom. The van der Waals surface area contributed by atoms with Gasteiger partial charge in [-0.25, -0.2) is 0 Å². The minimum atomic E-state index is -0.286. The highest BCUT2D eigenvalue weighted by atomic mass is 32.1. The molecule has 2 aromatic heterocycles. The molecule has 0 aliphatic carbocycles. The fourth-order valence-electron chi connectivity index (χ4n) is 3.30. The van der Waals surface area contributed by atoms with Crippen LogP contribution in [0.15, 0.2) is 79.1 Å². The molecule has 0 aliphatic rings. The van der Waals surface area contributed by atoms with Crippen LogP contribution in [0.5, 0.6) is 0 Å². The Labute approximate surface area is 179 Å². The number of carbonyl (C=O) groups is 1. The Morgan fingerprint density at radius 1 is 1.03 bits per heavy atom. The van der Waals surface area contributed by atoms with Crippen molar-refractivity contribution >= 4 is 18.1 Å². The van der Waals surface area contributed by atoms with Gasteiger partial charge in [0.05, 0.1) is 6.04 Å². The minimum Gasteiger partial charge on any atom is -0.344 e. The summed E-state index contributed by atoms with van der Waals surface area (Å²) in [4.78, 5) is 17.1. The molecular formula is C23H21N5OS. The van der Waals surface area contributed by atoms with Crippen LogP contribution in [0.3, 0.4) is 0 Å². The summed E-state index contributed by atoms with van der Waals surface area (Å²) in [5.74, 6) is 0.474. The van der Waals surface area contributed by atoms with Gasteiger partial charge in [-0.15, -0.1) is 0 Å². The third-order valence-corrected chi connectivity index (χ3v) is 5.16. The molecule has 2 N–H and O–H groups in total. The Balaban J connectivity index is 1.60. The molecule has 4 aromatic rings. The molecule has 4 rings (SSSR count). The van der Waals surface area contributed by atoms with Crippen molar-refractivity contribution in [3.8, 4) is 11.4 Å². The molecule has 1 amide bonds. The van der Waals surface area contributed by atoms with Crippen molar-refractivity contribution < 1.29 is 4.79 Å². The summed E-state index contributed by atoms with van der Waals surface area (Å²) < 4.78 is 2.12. The first-order valence-corrected chi connectivity index (χ1v) is 9.99. The lowest BCUT2D eigenvalue weighted by Gasteiger charge is -2.20. The van der Waals surface area contributed by atoms with Crippen molar-refractivity contribution in [1.29, 1.82) is 0 Å². The molecule has 2 heterocycles. The third-order valence-electron chi connectivity index (χ3n) is 4.85. The van der Waals surface area contributed by atoms with Crippen molar-refractivity contribution in [1.82, 2.24) is 25.1 Å². The van der Waals surface area contributed by atoms with Crippen LogP contribution in [0.25, 0.3) is 11.4 Å². The summed E-state index contributed by atoms with van der Waals surface area (Å²) in [6, 6.07) is 21.3. The summed E-state index contributed by atoms with van der Waals surface area (Å²) in [5.41, 5.74) is 4.00. The number of pyridine rings is 1. The van der Waals surface area contributed by atoms with Crippen LogP contribution < -0.4 is 5.32 Å². The normalized spacial score (nSPS) is 11.8. The molecule has 150 valence electrons. The molecule has 30 heavy (non-hydrogen) atoms. The van der Waals surface area contributed by atoms with E-state index in [0.29, 0.717) is 10.6 Å². The van der Waals surface area contributed by atoms with Gasteiger partial charge in [-0.1, -0.05) is 60.2 Å². The van der Waals surface area contributed by atoms with Crippen molar-refractivity contribution in [2.75, 3.05) is 0 Å². The number of aryl methyl sites for hydroxylation is 1. The van der Waals surface area contributed by atoms with Gasteiger partial charge in [-0.3, -0.25) is 19.4 Å². The molecule has 2 aromatic carbocycles. The van der Waals surface area contributed by atoms with Gasteiger partial charge in [-0.2, -0.15) is 5.10 Å². The van der Waals surface area contributed by atoms with Crippen LogP contribution in [-0.2, 0) is 11.3 Å². The minimum absolute atomic E-state index is 0.0625. The predicted octanol–water partition coefficient (Wildman–Crippen LogP) is 4.22. The van der Waals surface area contributed by atoms with E-state index < -0.39 is 0 Å². The average Bonchev–Trinajstić information content (AvgIpc) is 3.14. The van der Waals surface area contributed by atoms with Crippen LogP contribution in [0.1, 0.15) is 22.7 Å². The summed E-state index contributed by atoms with van der Waals surface area (Å²) in [6.45, 7) is 2.09. The number of aromatic nitrogens is 4. The van der Waals surface area contributed by atoms with E-state index in [2.05, 4.69) is 20.5 Å². The van der Waals surface area contributed by atoms with Gasteiger partial charge in [0.25, 0.3) is 0 Å². The highest BCUT2D eigenvalue weighted by Gasteiger charge is 2.19. The molecule has 0 spiro atoms. The van der Waals surface area contributed by atoms with Crippen LogP contribution in [0.2, 0.25) is 0 Å². The van der Waals surface area contributed by atoms with Gasteiger partial charge in [0, 0.05) is 18.0 Å². The second-order valence-corrected chi connectivity index (χ2v) is 7.38. The monoisotopic (exact) mass is 415 g/mol.